The second-order valence-corrected chi connectivity index (χ2v) is 9.52. The number of nitrogens with zero attached hydrogens (tertiary/aromatic N) is 6. The van der Waals surface area contributed by atoms with Gasteiger partial charge in [-0.15, -0.1) is 0 Å². The molecule has 35 heavy (non-hydrogen) atoms. The Labute approximate surface area is 209 Å². The number of aryl methyl sites for hydroxylation is 2. The van der Waals surface area contributed by atoms with E-state index in [-0.39, 0.29) is 12.5 Å². The number of hydrogen-bond donors (Lipinski definition) is 1. The van der Waals surface area contributed by atoms with Gasteiger partial charge < -0.3 is 20.1 Å². The molecular formula is C25H28ClN7O2. The van der Waals surface area contributed by atoms with Gasteiger partial charge in [-0.3, -0.25) is 4.79 Å². The number of halogens is 1. The molecule has 4 heterocycles. The quantitative estimate of drug-likeness (QED) is 0.575. The minimum atomic E-state index is 0.0952. The number of rotatable bonds is 5. The number of fused-ring (bicyclic) bond motifs is 1. The third kappa shape index (κ3) is 4.92. The maximum absolute atomic E-state index is 13.2. The maximum atomic E-state index is 13.2. The van der Waals surface area contributed by atoms with Crippen LogP contribution in [0.1, 0.15) is 35.7 Å². The molecule has 2 aliphatic heterocycles. The Bertz CT molecular complexity index is 1280. The van der Waals surface area contributed by atoms with Gasteiger partial charge in [-0.05, 0) is 55.5 Å². The van der Waals surface area contributed by atoms with Crippen molar-refractivity contribution in [3.8, 4) is 11.4 Å². The molecule has 2 aliphatic rings. The van der Waals surface area contributed by atoms with Gasteiger partial charge in [0.2, 0.25) is 17.6 Å². The van der Waals surface area contributed by atoms with E-state index < -0.39 is 0 Å². The standard InChI is InChI=1S/C25H28ClN7O2/c1-15-28-12-19-9-20(21-4-3-18(10-22(21)26)24-30-16(2)35-31-24)13-33(25(19)29-15)14-23(34)32-7-5-17(11-27)6-8-32/h3-4,9-10,12,17H,5-8,11,13-14,27H2,1-2H3. The highest BCUT2D eigenvalue weighted by Crippen LogP contribution is 2.35. The Balaban J connectivity index is 1.41. The summed E-state index contributed by atoms with van der Waals surface area (Å²) in [4.78, 5) is 30.5. The molecular weight excluding hydrogens is 466 g/mol. The molecule has 0 bridgehead atoms. The Kier molecular flexibility index (Phi) is 6.53. The highest BCUT2D eigenvalue weighted by Gasteiger charge is 2.28. The molecule has 5 rings (SSSR count). The number of nitrogens with two attached hydrogens (primary N) is 1. The zero-order chi connectivity index (χ0) is 24.5. The van der Waals surface area contributed by atoms with Crippen LogP contribution >= 0.6 is 11.6 Å². The van der Waals surface area contributed by atoms with Crippen molar-refractivity contribution in [1.82, 2.24) is 25.0 Å². The summed E-state index contributed by atoms with van der Waals surface area (Å²) in [7, 11) is 0. The molecule has 2 aromatic heterocycles. The van der Waals surface area contributed by atoms with Crippen molar-refractivity contribution in [3.05, 3.63) is 52.3 Å². The zero-order valence-corrected chi connectivity index (χ0v) is 20.6. The van der Waals surface area contributed by atoms with Crippen LogP contribution in [0.4, 0.5) is 5.82 Å². The van der Waals surface area contributed by atoms with Crippen LogP contribution in [0.5, 0.6) is 0 Å². The first-order valence-corrected chi connectivity index (χ1v) is 12.2. The number of anilines is 1. The number of likely N-dealkylation sites (tertiary alicyclic amines) is 1. The molecule has 0 unspecified atom stereocenters. The molecule has 2 N–H and O–H groups in total. The molecule has 0 atom stereocenters. The number of amides is 1. The fraction of sp³-hybridized carbons (Fsp3) is 0.400. The highest BCUT2D eigenvalue weighted by molar-refractivity contribution is 6.33. The Hall–Kier alpha value is -3.30. The van der Waals surface area contributed by atoms with Crippen molar-refractivity contribution < 1.29 is 9.32 Å². The minimum Gasteiger partial charge on any atom is -0.342 e. The molecule has 1 saturated heterocycles. The van der Waals surface area contributed by atoms with Crippen LogP contribution < -0.4 is 10.6 Å². The van der Waals surface area contributed by atoms with Crippen LogP contribution in [0.25, 0.3) is 23.0 Å². The fourth-order valence-corrected chi connectivity index (χ4v) is 4.94. The lowest BCUT2D eigenvalue weighted by atomic mass is 9.96. The smallest absolute Gasteiger partial charge is 0.242 e. The summed E-state index contributed by atoms with van der Waals surface area (Å²) in [5, 5.41) is 4.55. The van der Waals surface area contributed by atoms with Crippen molar-refractivity contribution in [2.45, 2.75) is 26.7 Å². The van der Waals surface area contributed by atoms with E-state index in [4.69, 9.17) is 21.9 Å². The lowest BCUT2D eigenvalue weighted by molar-refractivity contribution is -0.131. The second-order valence-electron chi connectivity index (χ2n) is 9.11. The summed E-state index contributed by atoms with van der Waals surface area (Å²) < 4.78 is 5.09. The van der Waals surface area contributed by atoms with Crippen LogP contribution in [-0.4, -0.2) is 63.6 Å². The van der Waals surface area contributed by atoms with E-state index >= 15 is 0 Å². The zero-order valence-electron chi connectivity index (χ0n) is 19.9. The molecule has 0 spiro atoms. The van der Waals surface area contributed by atoms with Gasteiger partial charge in [0.05, 0.1) is 6.54 Å². The molecule has 1 aromatic carbocycles. The topological polar surface area (TPSA) is 114 Å². The van der Waals surface area contributed by atoms with E-state index in [2.05, 4.69) is 20.1 Å². The number of piperidine rings is 1. The van der Waals surface area contributed by atoms with Crippen LogP contribution in [0.15, 0.2) is 28.9 Å². The summed E-state index contributed by atoms with van der Waals surface area (Å²) >= 11 is 6.71. The molecule has 1 amide bonds. The van der Waals surface area contributed by atoms with Gasteiger partial charge in [0.1, 0.15) is 11.6 Å². The highest BCUT2D eigenvalue weighted by atomic mass is 35.5. The van der Waals surface area contributed by atoms with Gasteiger partial charge >= 0.3 is 0 Å². The van der Waals surface area contributed by atoms with Gasteiger partial charge in [-0.2, -0.15) is 4.98 Å². The van der Waals surface area contributed by atoms with Gasteiger partial charge in [0.15, 0.2) is 0 Å². The van der Waals surface area contributed by atoms with E-state index in [0.717, 1.165) is 54.0 Å². The van der Waals surface area contributed by atoms with Crippen LogP contribution in [0.3, 0.4) is 0 Å². The van der Waals surface area contributed by atoms with E-state index in [1.165, 1.54) is 0 Å². The first kappa shape index (κ1) is 23.4. The molecule has 0 radical (unpaired) electrons. The van der Waals surface area contributed by atoms with Gasteiger partial charge in [0.25, 0.3) is 0 Å². The predicted octanol–water partition coefficient (Wildman–Crippen LogP) is 3.35. The normalized spacial score (nSPS) is 16.3. The summed E-state index contributed by atoms with van der Waals surface area (Å²) in [6.07, 6.45) is 5.74. The minimum absolute atomic E-state index is 0.0952. The Morgan fingerprint density at radius 1 is 1.23 bits per heavy atom. The Morgan fingerprint density at radius 3 is 2.71 bits per heavy atom. The molecule has 3 aromatic rings. The van der Waals surface area contributed by atoms with Crippen LogP contribution in [-0.2, 0) is 4.79 Å². The van der Waals surface area contributed by atoms with Crippen molar-refractivity contribution >= 4 is 35.0 Å². The van der Waals surface area contributed by atoms with E-state index in [1.807, 2.05) is 41.0 Å². The third-order valence-electron chi connectivity index (χ3n) is 6.63. The largest absolute Gasteiger partial charge is 0.342 e. The lowest BCUT2D eigenvalue weighted by Gasteiger charge is -2.35. The first-order chi connectivity index (χ1) is 16.9. The van der Waals surface area contributed by atoms with Crippen molar-refractivity contribution in [2.75, 3.05) is 37.6 Å². The number of carbonyl (C=O) groups is 1. The average Bonchev–Trinajstić information content (AvgIpc) is 3.30. The Morgan fingerprint density at radius 2 is 2.03 bits per heavy atom. The molecule has 10 heteroatoms. The first-order valence-electron chi connectivity index (χ1n) is 11.8. The van der Waals surface area contributed by atoms with E-state index in [0.29, 0.717) is 41.6 Å². The molecule has 0 saturated carbocycles. The number of hydrogen-bond acceptors (Lipinski definition) is 8. The van der Waals surface area contributed by atoms with E-state index in [1.54, 1.807) is 13.1 Å². The van der Waals surface area contributed by atoms with E-state index in [9.17, 15) is 4.79 Å². The molecule has 9 nitrogen and oxygen atoms in total. The van der Waals surface area contributed by atoms with Crippen LogP contribution in [0, 0.1) is 19.8 Å². The summed E-state index contributed by atoms with van der Waals surface area (Å²) in [5.74, 6) is 3.02. The number of aromatic nitrogens is 4. The summed E-state index contributed by atoms with van der Waals surface area (Å²) in [6.45, 7) is 6.52. The molecule has 182 valence electrons. The van der Waals surface area contributed by atoms with Crippen molar-refractivity contribution in [2.24, 2.45) is 11.7 Å². The second kappa shape index (κ2) is 9.75. The monoisotopic (exact) mass is 493 g/mol. The molecule has 1 fully saturated rings. The maximum Gasteiger partial charge on any atom is 0.242 e. The molecule has 0 aliphatic carbocycles. The SMILES string of the molecule is Cc1ncc2c(n1)N(CC(=O)N1CCC(CN)CC1)CC(c1ccc(-c3noc(C)n3)cc1Cl)=C2. The van der Waals surface area contributed by atoms with Crippen molar-refractivity contribution in [1.29, 1.82) is 0 Å². The third-order valence-corrected chi connectivity index (χ3v) is 6.95. The van der Waals surface area contributed by atoms with Crippen LogP contribution in [0.2, 0.25) is 5.02 Å². The average molecular weight is 494 g/mol. The van der Waals surface area contributed by atoms with Crippen molar-refractivity contribution in [3.63, 3.8) is 0 Å². The predicted molar refractivity (Wildman–Crippen MR) is 135 cm³/mol. The van der Waals surface area contributed by atoms with Gasteiger partial charge in [0, 0.05) is 48.9 Å². The fourth-order valence-electron chi connectivity index (χ4n) is 4.64. The summed E-state index contributed by atoms with van der Waals surface area (Å²) in [5.41, 5.74) is 9.32. The lowest BCUT2D eigenvalue weighted by Crippen LogP contribution is -2.46. The number of benzene rings is 1. The van der Waals surface area contributed by atoms with Gasteiger partial charge in [-0.25, -0.2) is 9.97 Å². The van der Waals surface area contributed by atoms with Gasteiger partial charge in [-0.1, -0.05) is 28.9 Å². The summed E-state index contributed by atoms with van der Waals surface area (Å²) in [6, 6.07) is 5.71. The number of carbonyl (C=O) groups excluding carboxylic acids is 1.